The molecular formula is C16H26O. The minimum atomic E-state index is 0.285. The number of Topliss-reactive ketones (excluding diaryl/α,β-unsaturated/α-hetero) is 1. The number of rotatable bonds is 1. The Morgan fingerprint density at radius 3 is 2.35 bits per heavy atom. The monoisotopic (exact) mass is 234 g/mol. The van der Waals surface area contributed by atoms with Gasteiger partial charge in [0.05, 0.1) is 0 Å². The molecule has 17 heavy (non-hydrogen) atoms. The van der Waals surface area contributed by atoms with Crippen molar-refractivity contribution in [1.82, 2.24) is 0 Å². The maximum absolute atomic E-state index is 11.8. The SMILES string of the molecule is CC(=O)[C@H]1[C@H](C)CC2=C(CCCCCC2)[C@H]1C. The maximum Gasteiger partial charge on any atom is 0.133 e. The molecule has 0 radical (unpaired) electrons. The van der Waals surface area contributed by atoms with Crippen LogP contribution in [0.15, 0.2) is 11.1 Å². The minimum absolute atomic E-state index is 0.285. The van der Waals surface area contributed by atoms with E-state index in [1.807, 2.05) is 0 Å². The third kappa shape index (κ3) is 2.64. The maximum atomic E-state index is 11.8. The molecule has 0 amide bonds. The van der Waals surface area contributed by atoms with Crippen LogP contribution in [0, 0.1) is 17.8 Å². The second kappa shape index (κ2) is 5.37. The Morgan fingerprint density at radius 2 is 1.71 bits per heavy atom. The molecular weight excluding hydrogens is 208 g/mol. The first-order valence-corrected chi connectivity index (χ1v) is 7.32. The van der Waals surface area contributed by atoms with E-state index in [9.17, 15) is 4.79 Å². The van der Waals surface area contributed by atoms with Gasteiger partial charge in [0.2, 0.25) is 0 Å². The summed E-state index contributed by atoms with van der Waals surface area (Å²) in [5.74, 6) is 1.75. The van der Waals surface area contributed by atoms with E-state index in [4.69, 9.17) is 0 Å². The van der Waals surface area contributed by atoms with Crippen molar-refractivity contribution in [3.05, 3.63) is 11.1 Å². The van der Waals surface area contributed by atoms with Crippen LogP contribution in [0.2, 0.25) is 0 Å². The van der Waals surface area contributed by atoms with Gasteiger partial charge in [0, 0.05) is 5.92 Å². The standard InChI is InChI=1S/C16H26O/c1-11-10-14-8-6-4-5-7-9-15(14)12(2)16(11)13(3)17/h11-12,16H,4-10H2,1-3H3/t11-,12-,16+/m1/s1. The zero-order valence-corrected chi connectivity index (χ0v) is 11.6. The van der Waals surface area contributed by atoms with Crippen molar-refractivity contribution >= 4 is 5.78 Å². The van der Waals surface area contributed by atoms with E-state index in [-0.39, 0.29) is 5.92 Å². The summed E-state index contributed by atoms with van der Waals surface area (Å²) >= 11 is 0. The minimum Gasteiger partial charge on any atom is -0.300 e. The third-order valence-electron chi connectivity index (χ3n) is 4.87. The highest BCUT2D eigenvalue weighted by atomic mass is 16.1. The van der Waals surface area contributed by atoms with Gasteiger partial charge in [-0.15, -0.1) is 0 Å². The highest BCUT2D eigenvalue weighted by molar-refractivity contribution is 5.79. The number of carbonyl (C=O) groups is 1. The summed E-state index contributed by atoms with van der Waals surface area (Å²) < 4.78 is 0. The topological polar surface area (TPSA) is 17.1 Å². The van der Waals surface area contributed by atoms with Crippen LogP contribution in [0.1, 0.15) is 65.7 Å². The van der Waals surface area contributed by atoms with Crippen LogP contribution in [0.4, 0.5) is 0 Å². The quantitative estimate of drug-likeness (QED) is 0.610. The first-order valence-electron chi connectivity index (χ1n) is 7.32. The molecule has 96 valence electrons. The van der Waals surface area contributed by atoms with Gasteiger partial charge in [-0.05, 0) is 50.9 Å². The fourth-order valence-corrected chi connectivity index (χ4v) is 4.11. The molecule has 1 heteroatoms. The lowest BCUT2D eigenvalue weighted by molar-refractivity contribution is -0.123. The number of allylic oxidation sites excluding steroid dienone is 2. The van der Waals surface area contributed by atoms with Crippen LogP contribution >= 0.6 is 0 Å². The van der Waals surface area contributed by atoms with Gasteiger partial charge in [-0.25, -0.2) is 0 Å². The average molecular weight is 234 g/mol. The Hall–Kier alpha value is -0.590. The lowest BCUT2D eigenvalue weighted by Crippen LogP contribution is -2.32. The third-order valence-corrected chi connectivity index (χ3v) is 4.87. The van der Waals surface area contributed by atoms with Crippen molar-refractivity contribution in [3.8, 4) is 0 Å². The molecule has 0 saturated carbocycles. The molecule has 0 bridgehead atoms. The Morgan fingerprint density at radius 1 is 1.06 bits per heavy atom. The summed E-state index contributed by atoms with van der Waals surface area (Å²) in [7, 11) is 0. The van der Waals surface area contributed by atoms with Crippen LogP contribution < -0.4 is 0 Å². The highest BCUT2D eigenvalue weighted by Crippen LogP contribution is 2.43. The number of hydrogen-bond donors (Lipinski definition) is 0. The van der Waals surface area contributed by atoms with Crippen LogP contribution in [0.25, 0.3) is 0 Å². The van der Waals surface area contributed by atoms with E-state index in [1.54, 1.807) is 18.1 Å². The highest BCUT2D eigenvalue weighted by Gasteiger charge is 2.35. The molecule has 2 rings (SSSR count). The van der Waals surface area contributed by atoms with Gasteiger partial charge in [0.25, 0.3) is 0 Å². The van der Waals surface area contributed by atoms with Gasteiger partial charge in [0.1, 0.15) is 5.78 Å². The number of carbonyl (C=O) groups excluding carboxylic acids is 1. The van der Waals surface area contributed by atoms with Crippen LogP contribution in [0.5, 0.6) is 0 Å². The molecule has 0 fully saturated rings. The van der Waals surface area contributed by atoms with Crippen molar-refractivity contribution in [3.63, 3.8) is 0 Å². The zero-order chi connectivity index (χ0) is 12.4. The normalized spacial score (nSPS) is 34.9. The molecule has 2 aliphatic carbocycles. The molecule has 2 aliphatic rings. The first kappa shape index (κ1) is 12.9. The molecule has 3 atom stereocenters. The van der Waals surface area contributed by atoms with Crippen LogP contribution in [-0.4, -0.2) is 5.78 Å². The van der Waals surface area contributed by atoms with Gasteiger partial charge in [-0.1, -0.05) is 37.8 Å². The molecule has 0 aromatic carbocycles. The van der Waals surface area contributed by atoms with Gasteiger partial charge >= 0.3 is 0 Å². The van der Waals surface area contributed by atoms with Crippen molar-refractivity contribution in [2.45, 2.75) is 65.7 Å². The predicted octanol–water partition coefficient (Wildman–Crippen LogP) is 4.52. The molecule has 0 aromatic rings. The Kier molecular flexibility index (Phi) is 4.06. The number of hydrogen-bond acceptors (Lipinski definition) is 1. The van der Waals surface area contributed by atoms with E-state index in [0.29, 0.717) is 17.6 Å². The molecule has 0 aliphatic heterocycles. The van der Waals surface area contributed by atoms with Gasteiger partial charge in [-0.3, -0.25) is 4.79 Å². The smallest absolute Gasteiger partial charge is 0.133 e. The Bertz CT molecular complexity index is 326. The molecule has 1 nitrogen and oxygen atoms in total. The Labute approximate surface area is 106 Å². The zero-order valence-electron chi connectivity index (χ0n) is 11.6. The fraction of sp³-hybridized carbons (Fsp3) is 0.812. The van der Waals surface area contributed by atoms with Crippen molar-refractivity contribution in [1.29, 1.82) is 0 Å². The average Bonchev–Trinajstić information content (AvgIpc) is 2.20. The summed E-state index contributed by atoms with van der Waals surface area (Å²) in [5.41, 5.74) is 3.37. The van der Waals surface area contributed by atoms with E-state index >= 15 is 0 Å². The van der Waals surface area contributed by atoms with E-state index in [0.717, 1.165) is 0 Å². The lowest BCUT2D eigenvalue weighted by atomic mass is 9.66. The van der Waals surface area contributed by atoms with Crippen molar-refractivity contribution < 1.29 is 4.79 Å². The molecule has 0 spiro atoms. The second-order valence-corrected chi connectivity index (χ2v) is 6.15. The largest absolute Gasteiger partial charge is 0.300 e. The molecule has 0 saturated heterocycles. The molecule has 0 heterocycles. The van der Waals surface area contributed by atoms with Gasteiger partial charge in [0.15, 0.2) is 0 Å². The summed E-state index contributed by atoms with van der Waals surface area (Å²) in [5, 5.41) is 0. The van der Waals surface area contributed by atoms with E-state index in [2.05, 4.69) is 13.8 Å². The summed E-state index contributed by atoms with van der Waals surface area (Å²) in [4.78, 5) is 11.8. The number of ketones is 1. The summed E-state index contributed by atoms with van der Waals surface area (Å²) in [6.07, 6.45) is 9.22. The molecule has 0 unspecified atom stereocenters. The molecule has 0 N–H and O–H groups in total. The second-order valence-electron chi connectivity index (χ2n) is 6.15. The lowest BCUT2D eigenvalue weighted by Gasteiger charge is -2.38. The van der Waals surface area contributed by atoms with Gasteiger partial charge < -0.3 is 0 Å². The van der Waals surface area contributed by atoms with Crippen molar-refractivity contribution in [2.75, 3.05) is 0 Å². The molecule has 0 aromatic heterocycles. The Balaban J connectivity index is 2.26. The van der Waals surface area contributed by atoms with E-state index in [1.165, 1.54) is 44.9 Å². The fourth-order valence-electron chi connectivity index (χ4n) is 4.11. The van der Waals surface area contributed by atoms with Crippen LogP contribution in [0.3, 0.4) is 0 Å². The van der Waals surface area contributed by atoms with Crippen LogP contribution in [-0.2, 0) is 4.79 Å². The predicted molar refractivity (Wildman–Crippen MR) is 71.8 cm³/mol. The van der Waals surface area contributed by atoms with Gasteiger partial charge in [-0.2, -0.15) is 0 Å². The van der Waals surface area contributed by atoms with Crippen molar-refractivity contribution in [2.24, 2.45) is 17.8 Å². The van der Waals surface area contributed by atoms with E-state index < -0.39 is 0 Å². The summed E-state index contributed by atoms with van der Waals surface area (Å²) in [6, 6.07) is 0. The summed E-state index contributed by atoms with van der Waals surface area (Å²) in [6.45, 7) is 6.34. The first-order chi connectivity index (χ1) is 8.11.